The highest BCUT2D eigenvalue weighted by Crippen LogP contribution is 2.47. The molecule has 1 spiro atoms. The van der Waals surface area contributed by atoms with Crippen molar-refractivity contribution >= 4 is 28.6 Å². The highest BCUT2D eigenvalue weighted by Gasteiger charge is 2.65. The Balaban J connectivity index is 1.33. The van der Waals surface area contributed by atoms with Gasteiger partial charge in [0.1, 0.15) is 36.1 Å². The van der Waals surface area contributed by atoms with Gasteiger partial charge in [-0.15, -0.1) is 0 Å². The van der Waals surface area contributed by atoms with Crippen LogP contribution in [0, 0.1) is 0 Å². The van der Waals surface area contributed by atoms with Crippen LogP contribution in [0.5, 0.6) is 0 Å². The predicted molar refractivity (Wildman–Crippen MR) is 224 cm³/mol. The van der Waals surface area contributed by atoms with Crippen molar-refractivity contribution in [2.24, 2.45) is 0 Å². The van der Waals surface area contributed by atoms with Gasteiger partial charge >= 0.3 is 5.97 Å². The molecule has 0 N–H and O–H groups in total. The van der Waals surface area contributed by atoms with Crippen LogP contribution >= 0.6 is 22.6 Å². The lowest BCUT2D eigenvalue weighted by Gasteiger charge is -2.59. The van der Waals surface area contributed by atoms with E-state index < -0.39 is 36.1 Å². The molecule has 2 aliphatic heterocycles. The third-order valence-electron chi connectivity index (χ3n) is 10.5. The third-order valence-corrected chi connectivity index (χ3v) is 11.4. The summed E-state index contributed by atoms with van der Waals surface area (Å²) in [7, 11) is 1.45. The minimum absolute atomic E-state index is 0.0995. The van der Waals surface area contributed by atoms with E-state index in [0.29, 0.717) is 39.3 Å². The fourth-order valence-corrected chi connectivity index (χ4v) is 9.19. The molecule has 0 bridgehead atoms. The van der Waals surface area contributed by atoms with Crippen LogP contribution in [0.2, 0.25) is 0 Å². The van der Waals surface area contributed by atoms with Gasteiger partial charge in [-0.25, -0.2) is 0 Å². The number of esters is 1. The molecule has 2 aliphatic rings. The monoisotopic (exact) mass is 867 g/mol. The summed E-state index contributed by atoms with van der Waals surface area (Å²) in [6.07, 6.45) is -2.17. The molecule has 292 valence electrons. The maximum absolute atomic E-state index is 14.4. The third kappa shape index (κ3) is 10.1. The van der Waals surface area contributed by atoms with Crippen LogP contribution in [-0.4, -0.2) is 71.1 Å². The minimum atomic E-state index is -1.21. The second kappa shape index (κ2) is 20.0. The number of carbonyl (C=O) groups excluding carboxylic acids is 1. The van der Waals surface area contributed by atoms with E-state index in [9.17, 15) is 4.79 Å². The van der Waals surface area contributed by atoms with Crippen molar-refractivity contribution in [1.29, 1.82) is 0 Å². The Morgan fingerprint density at radius 2 is 1.09 bits per heavy atom. The van der Waals surface area contributed by atoms with Crippen molar-refractivity contribution in [3.63, 3.8) is 0 Å². The Labute approximate surface area is 344 Å². The summed E-state index contributed by atoms with van der Waals surface area (Å²) < 4.78 is 40.9. The predicted octanol–water partition coefficient (Wildman–Crippen LogP) is 8.35. The van der Waals surface area contributed by atoms with Gasteiger partial charge in [0.2, 0.25) is 0 Å². The normalized spacial score (nSPS) is 25.2. The molecule has 7 atom stereocenters. The summed E-state index contributed by atoms with van der Waals surface area (Å²) >= 11 is 2.50. The maximum Gasteiger partial charge on any atom is 0.326 e. The highest BCUT2D eigenvalue weighted by atomic mass is 127. The number of ether oxygens (including phenoxy) is 6. The van der Waals surface area contributed by atoms with E-state index in [2.05, 4.69) is 51.8 Å². The number of hydrogen-bond acceptors (Lipinski definition) is 8. The average molecular weight is 868 g/mol. The molecule has 2 saturated heterocycles. The summed E-state index contributed by atoms with van der Waals surface area (Å²) in [5, 5.41) is 0. The zero-order valence-electron chi connectivity index (χ0n) is 31.7. The number of piperidine rings is 1. The molecular formula is C47H50INO7. The van der Waals surface area contributed by atoms with Gasteiger partial charge in [0, 0.05) is 17.0 Å². The first-order chi connectivity index (χ1) is 27.5. The van der Waals surface area contributed by atoms with Gasteiger partial charge in [0.25, 0.3) is 0 Å². The number of hydrogen-bond donors (Lipinski definition) is 0. The topological polar surface area (TPSA) is 75.7 Å². The number of nitrogens with zero attached hydrogens (tertiary/aromatic N) is 1. The summed E-state index contributed by atoms with van der Waals surface area (Å²) in [5.74, 6) is -0.382. The van der Waals surface area contributed by atoms with Crippen molar-refractivity contribution in [3.8, 4) is 0 Å². The Morgan fingerprint density at radius 3 is 1.59 bits per heavy atom. The number of likely N-dealkylation sites (tertiary alicyclic amines) is 1. The molecular weight excluding hydrogens is 817 g/mol. The molecule has 0 saturated carbocycles. The lowest BCUT2D eigenvalue weighted by Crippen LogP contribution is -2.77. The van der Waals surface area contributed by atoms with Crippen LogP contribution < -0.4 is 0 Å². The van der Waals surface area contributed by atoms with E-state index in [0.717, 1.165) is 27.8 Å². The molecule has 9 heteroatoms. The zero-order valence-corrected chi connectivity index (χ0v) is 33.9. The first-order valence-electron chi connectivity index (χ1n) is 19.3. The molecule has 5 aromatic rings. The fraction of sp³-hybridized carbons (Fsp3) is 0.340. The van der Waals surface area contributed by atoms with Crippen LogP contribution in [0.4, 0.5) is 0 Å². The Kier molecular flexibility index (Phi) is 14.4. The van der Waals surface area contributed by atoms with E-state index in [-0.39, 0.29) is 23.1 Å². The minimum Gasteiger partial charge on any atom is -0.468 e. The molecule has 8 nitrogen and oxygen atoms in total. The van der Waals surface area contributed by atoms with Gasteiger partial charge in [-0.3, -0.25) is 9.69 Å². The number of alkyl halides is 1. The van der Waals surface area contributed by atoms with Gasteiger partial charge < -0.3 is 28.4 Å². The van der Waals surface area contributed by atoms with E-state index in [1.165, 1.54) is 7.11 Å². The molecule has 0 aromatic heterocycles. The van der Waals surface area contributed by atoms with Crippen molar-refractivity contribution in [3.05, 3.63) is 179 Å². The lowest BCUT2D eigenvalue weighted by atomic mass is 9.73. The summed E-state index contributed by atoms with van der Waals surface area (Å²) in [6, 6.07) is 49.8. The molecule has 7 rings (SSSR count). The Hall–Kier alpha value is -3.94. The van der Waals surface area contributed by atoms with Crippen LogP contribution in [0.3, 0.4) is 0 Å². The first kappa shape index (κ1) is 40.3. The van der Waals surface area contributed by atoms with Crippen LogP contribution in [0.15, 0.2) is 152 Å². The van der Waals surface area contributed by atoms with Gasteiger partial charge in [-0.2, -0.15) is 0 Å². The number of methoxy groups -OCH3 is 1. The van der Waals surface area contributed by atoms with Gasteiger partial charge in [0.05, 0.1) is 40.1 Å². The van der Waals surface area contributed by atoms with Gasteiger partial charge in [0.15, 0.2) is 0 Å². The highest BCUT2D eigenvalue weighted by molar-refractivity contribution is 14.1. The van der Waals surface area contributed by atoms with E-state index in [4.69, 9.17) is 28.4 Å². The largest absolute Gasteiger partial charge is 0.468 e. The quantitative estimate of drug-likeness (QED) is 0.0557. The number of rotatable bonds is 16. The molecule has 0 aliphatic carbocycles. The standard InChI is InChI=1S/C47H50INO7/c1-51-46(50)44-47(27-40(48)29-49(44)28-35-17-7-2-8-18-35)45(55-33-39-25-15-6-16-26-39)43(54-32-38-23-13-5-14-24-38)42(53-31-37-21-11-4-12-22-37)41(56-47)34-52-30-36-19-9-3-10-20-36/h2-26,40-45H,27-34H2,1H3/t40?,41?,42-,43+,44+,45?,47-/m0/s1. The van der Waals surface area contributed by atoms with E-state index in [1.807, 2.05) is 127 Å². The van der Waals surface area contributed by atoms with E-state index >= 15 is 0 Å². The number of carbonyl (C=O) groups is 1. The summed E-state index contributed by atoms with van der Waals surface area (Å²) in [5.41, 5.74) is 3.95. The second-order valence-electron chi connectivity index (χ2n) is 14.5. The summed E-state index contributed by atoms with van der Waals surface area (Å²) in [6.45, 7) is 2.67. The summed E-state index contributed by atoms with van der Waals surface area (Å²) in [4.78, 5) is 16.6. The number of halogens is 1. The van der Waals surface area contributed by atoms with Crippen molar-refractivity contribution in [2.45, 2.75) is 79.4 Å². The molecule has 0 amide bonds. The molecule has 2 heterocycles. The molecule has 0 radical (unpaired) electrons. The average Bonchev–Trinajstić information content (AvgIpc) is 3.23. The van der Waals surface area contributed by atoms with Crippen molar-refractivity contribution in [1.82, 2.24) is 4.90 Å². The Bertz CT molecular complexity index is 1910. The first-order valence-corrected chi connectivity index (χ1v) is 20.5. The van der Waals surface area contributed by atoms with Crippen LogP contribution in [0.25, 0.3) is 0 Å². The van der Waals surface area contributed by atoms with Crippen LogP contribution in [-0.2, 0) is 66.2 Å². The zero-order chi connectivity index (χ0) is 38.6. The lowest BCUT2D eigenvalue weighted by molar-refractivity contribution is -0.326. The second-order valence-corrected chi connectivity index (χ2v) is 16.3. The van der Waals surface area contributed by atoms with Gasteiger partial charge in [-0.1, -0.05) is 174 Å². The Morgan fingerprint density at radius 1 is 0.643 bits per heavy atom. The van der Waals surface area contributed by atoms with Crippen molar-refractivity contribution in [2.75, 3.05) is 20.3 Å². The molecule has 56 heavy (non-hydrogen) atoms. The van der Waals surface area contributed by atoms with Crippen LogP contribution in [0.1, 0.15) is 34.2 Å². The molecule has 3 unspecified atom stereocenters. The van der Waals surface area contributed by atoms with E-state index in [1.54, 1.807) is 0 Å². The molecule has 2 fully saturated rings. The molecule has 5 aromatic carbocycles. The fourth-order valence-electron chi connectivity index (χ4n) is 8.00. The number of benzene rings is 5. The SMILES string of the molecule is COC(=O)[C@H]1N(Cc2ccccc2)CC(I)C[C@]12OC(COCc1ccccc1)[C@H](OCc1ccccc1)[C@@H](OCc1ccccc1)C2OCc1ccccc1. The smallest absolute Gasteiger partial charge is 0.326 e. The maximum atomic E-state index is 14.4. The van der Waals surface area contributed by atoms with Crippen molar-refractivity contribution < 1.29 is 33.2 Å². The van der Waals surface area contributed by atoms with Gasteiger partial charge in [-0.05, 0) is 34.2 Å².